The molecule has 8 heteroatoms. The third-order valence-electron chi connectivity index (χ3n) is 4.00. The molecule has 0 aliphatic carbocycles. The Morgan fingerprint density at radius 3 is 2.96 bits per heavy atom. The number of aromatic nitrogens is 4. The molecular weight excluding hydrogens is 322 g/mol. The van der Waals surface area contributed by atoms with Crippen LogP contribution >= 0.6 is 0 Å². The highest BCUT2D eigenvalue weighted by Crippen LogP contribution is 2.26. The van der Waals surface area contributed by atoms with E-state index in [4.69, 9.17) is 4.52 Å². The van der Waals surface area contributed by atoms with Gasteiger partial charge >= 0.3 is 0 Å². The number of aryl methyl sites for hydroxylation is 1. The van der Waals surface area contributed by atoms with E-state index in [1.165, 1.54) is 6.07 Å². The first-order valence-corrected chi connectivity index (χ1v) is 7.61. The van der Waals surface area contributed by atoms with E-state index in [1.807, 2.05) is 18.2 Å². The zero-order chi connectivity index (χ0) is 17.4. The number of nitrogens with one attached hydrogen (secondary N) is 1. The van der Waals surface area contributed by atoms with Crippen molar-refractivity contribution in [1.82, 2.24) is 20.3 Å². The second-order valence-corrected chi connectivity index (χ2v) is 5.71. The van der Waals surface area contributed by atoms with Gasteiger partial charge in [-0.3, -0.25) is 15.2 Å². The number of rotatable bonds is 4. The summed E-state index contributed by atoms with van der Waals surface area (Å²) in [6.07, 6.45) is 2.15. The van der Waals surface area contributed by atoms with E-state index in [0.717, 1.165) is 22.0 Å². The predicted octanol–water partition coefficient (Wildman–Crippen LogP) is 3.42. The number of nitrogens with zero attached hydrogens (tertiary/aromatic N) is 4. The van der Waals surface area contributed by atoms with Crippen molar-refractivity contribution < 1.29 is 9.45 Å². The van der Waals surface area contributed by atoms with Gasteiger partial charge in [0.25, 0.3) is 11.6 Å². The van der Waals surface area contributed by atoms with Gasteiger partial charge in [-0.05, 0) is 30.7 Å². The Kier molecular flexibility index (Phi) is 3.50. The molecule has 0 saturated heterocycles. The Morgan fingerprint density at radius 1 is 1.28 bits per heavy atom. The number of aromatic amines is 1. The zero-order valence-electron chi connectivity index (χ0n) is 13.3. The molecule has 8 nitrogen and oxygen atoms in total. The standard InChI is InChI=1S/C17H13N5O3/c1-10-7-11(5-6-15(10)22(23)24)8-16-19-17(25-21-16)12-3-2-4-14-13(12)9-18-20-14/h2-7,9H,8H2,1H3,(H,18,20). The van der Waals surface area contributed by atoms with Crippen LogP contribution in [0.4, 0.5) is 5.69 Å². The van der Waals surface area contributed by atoms with Gasteiger partial charge in [0.05, 0.1) is 22.2 Å². The largest absolute Gasteiger partial charge is 0.334 e. The smallest absolute Gasteiger partial charge is 0.272 e. The Hall–Kier alpha value is -3.55. The van der Waals surface area contributed by atoms with Crippen molar-refractivity contribution in [2.24, 2.45) is 0 Å². The molecule has 0 aliphatic heterocycles. The summed E-state index contributed by atoms with van der Waals surface area (Å²) < 4.78 is 5.38. The van der Waals surface area contributed by atoms with Gasteiger partial charge in [0.1, 0.15) is 0 Å². The predicted molar refractivity (Wildman–Crippen MR) is 90.0 cm³/mol. The molecule has 0 amide bonds. The van der Waals surface area contributed by atoms with Gasteiger partial charge in [0.15, 0.2) is 5.82 Å². The summed E-state index contributed by atoms with van der Waals surface area (Å²) in [6, 6.07) is 10.7. The average Bonchev–Trinajstić information content (AvgIpc) is 3.23. The lowest BCUT2D eigenvalue weighted by atomic mass is 10.1. The first-order valence-electron chi connectivity index (χ1n) is 7.61. The van der Waals surface area contributed by atoms with Crippen LogP contribution in [0.25, 0.3) is 22.4 Å². The highest BCUT2D eigenvalue weighted by molar-refractivity contribution is 5.91. The van der Waals surface area contributed by atoms with Crippen molar-refractivity contribution in [2.45, 2.75) is 13.3 Å². The van der Waals surface area contributed by atoms with Crippen LogP contribution in [0.15, 0.2) is 47.1 Å². The van der Waals surface area contributed by atoms with Crippen LogP contribution in [0.1, 0.15) is 17.0 Å². The Bertz CT molecular complexity index is 1080. The van der Waals surface area contributed by atoms with E-state index in [-0.39, 0.29) is 5.69 Å². The lowest BCUT2D eigenvalue weighted by Crippen LogP contribution is -1.95. The lowest BCUT2D eigenvalue weighted by Gasteiger charge is -2.00. The monoisotopic (exact) mass is 335 g/mol. The number of benzene rings is 2. The van der Waals surface area contributed by atoms with Crippen molar-refractivity contribution in [1.29, 1.82) is 0 Å². The second-order valence-electron chi connectivity index (χ2n) is 5.71. The molecule has 0 atom stereocenters. The van der Waals surface area contributed by atoms with Crippen LogP contribution in [0.5, 0.6) is 0 Å². The molecule has 124 valence electrons. The summed E-state index contributed by atoms with van der Waals surface area (Å²) in [5.41, 5.74) is 3.30. The first kappa shape index (κ1) is 15.0. The summed E-state index contributed by atoms with van der Waals surface area (Å²) in [6.45, 7) is 1.71. The highest BCUT2D eigenvalue weighted by Gasteiger charge is 2.15. The van der Waals surface area contributed by atoms with E-state index in [2.05, 4.69) is 20.3 Å². The fraction of sp³-hybridized carbons (Fsp3) is 0.118. The maximum atomic E-state index is 10.9. The molecule has 0 radical (unpaired) electrons. The highest BCUT2D eigenvalue weighted by atomic mass is 16.6. The summed E-state index contributed by atoms with van der Waals surface area (Å²) in [5, 5.41) is 22.7. The number of fused-ring (bicyclic) bond motifs is 1. The minimum absolute atomic E-state index is 0.101. The van der Waals surface area contributed by atoms with Gasteiger partial charge < -0.3 is 4.52 Å². The molecule has 25 heavy (non-hydrogen) atoms. The first-order chi connectivity index (χ1) is 12.1. The van der Waals surface area contributed by atoms with E-state index in [1.54, 1.807) is 25.3 Å². The van der Waals surface area contributed by atoms with Crippen molar-refractivity contribution in [3.05, 3.63) is 69.7 Å². The third-order valence-corrected chi connectivity index (χ3v) is 4.00. The van der Waals surface area contributed by atoms with Crippen molar-refractivity contribution in [2.75, 3.05) is 0 Å². The van der Waals surface area contributed by atoms with Crippen LogP contribution in [0.3, 0.4) is 0 Å². The number of nitro benzene ring substituents is 1. The maximum absolute atomic E-state index is 10.9. The molecule has 1 N–H and O–H groups in total. The van der Waals surface area contributed by atoms with Gasteiger partial charge in [-0.25, -0.2) is 0 Å². The minimum atomic E-state index is -0.392. The minimum Gasteiger partial charge on any atom is -0.334 e. The topological polar surface area (TPSA) is 111 Å². The van der Waals surface area contributed by atoms with Crippen molar-refractivity contribution >= 4 is 16.6 Å². The summed E-state index contributed by atoms with van der Waals surface area (Å²) in [4.78, 5) is 14.9. The number of nitro groups is 1. The van der Waals surface area contributed by atoms with Crippen LogP contribution in [-0.4, -0.2) is 25.3 Å². The molecule has 0 spiro atoms. The number of hydrogen-bond acceptors (Lipinski definition) is 6. The fourth-order valence-corrected chi connectivity index (χ4v) is 2.80. The molecule has 0 unspecified atom stereocenters. The lowest BCUT2D eigenvalue weighted by molar-refractivity contribution is -0.385. The molecule has 2 aromatic heterocycles. The molecule has 4 rings (SSSR count). The van der Waals surface area contributed by atoms with Gasteiger partial charge in [-0.15, -0.1) is 0 Å². The molecule has 0 fully saturated rings. The normalized spacial score (nSPS) is 11.1. The summed E-state index contributed by atoms with van der Waals surface area (Å²) in [5.74, 6) is 0.935. The second kappa shape index (κ2) is 5.82. The molecular formula is C17H13N5O3. The maximum Gasteiger partial charge on any atom is 0.272 e. The van der Waals surface area contributed by atoms with Gasteiger partial charge in [0, 0.05) is 23.4 Å². The third kappa shape index (κ3) is 2.74. The van der Waals surface area contributed by atoms with Crippen LogP contribution in [0, 0.1) is 17.0 Å². The Balaban J connectivity index is 1.63. The number of hydrogen-bond donors (Lipinski definition) is 1. The fourth-order valence-electron chi connectivity index (χ4n) is 2.80. The Morgan fingerprint density at radius 2 is 2.16 bits per heavy atom. The summed E-state index contributed by atoms with van der Waals surface area (Å²) in [7, 11) is 0. The van der Waals surface area contributed by atoms with Crippen molar-refractivity contribution in [3.63, 3.8) is 0 Å². The van der Waals surface area contributed by atoms with Crippen LogP contribution < -0.4 is 0 Å². The average molecular weight is 335 g/mol. The molecule has 0 bridgehead atoms. The van der Waals surface area contributed by atoms with Gasteiger partial charge in [0.2, 0.25) is 0 Å². The molecule has 0 aliphatic rings. The van der Waals surface area contributed by atoms with E-state index in [0.29, 0.717) is 23.7 Å². The zero-order valence-corrected chi connectivity index (χ0v) is 13.3. The van der Waals surface area contributed by atoms with Crippen LogP contribution in [0.2, 0.25) is 0 Å². The summed E-state index contributed by atoms with van der Waals surface area (Å²) >= 11 is 0. The quantitative estimate of drug-likeness (QED) is 0.452. The molecule has 2 heterocycles. The van der Waals surface area contributed by atoms with E-state index >= 15 is 0 Å². The molecule has 0 saturated carbocycles. The number of H-pyrrole nitrogens is 1. The van der Waals surface area contributed by atoms with Crippen molar-refractivity contribution in [3.8, 4) is 11.5 Å². The SMILES string of the molecule is Cc1cc(Cc2noc(-c3cccc4[nH]ncc34)n2)ccc1[N+](=O)[O-]. The molecule has 4 aromatic rings. The van der Waals surface area contributed by atoms with Gasteiger partial charge in [-0.1, -0.05) is 17.3 Å². The van der Waals surface area contributed by atoms with E-state index < -0.39 is 4.92 Å². The van der Waals surface area contributed by atoms with Gasteiger partial charge in [-0.2, -0.15) is 10.1 Å². The molecule has 2 aromatic carbocycles. The van der Waals surface area contributed by atoms with Crippen LogP contribution in [-0.2, 0) is 6.42 Å². The van der Waals surface area contributed by atoms with E-state index in [9.17, 15) is 10.1 Å². The Labute approximate surface area is 141 Å².